The Hall–Kier alpha value is -1.78. The van der Waals surface area contributed by atoms with Crippen LogP contribution in [0.25, 0.3) is 0 Å². The minimum absolute atomic E-state index is 0.0289. The van der Waals surface area contributed by atoms with Gasteiger partial charge in [-0.3, -0.25) is 0 Å². The lowest BCUT2D eigenvalue weighted by Crippen LogP contribution is -2.57. The fourth-order valence-corrected chi connectivity index (χ4v) is 2.32. The molecule has 0 unspecified atom stereocenters. The predicted octanol–water partition coefficient (Wildman–Crippen LogP) is 3.29. The Kier molecular flexibility index (Phi) is 4.70. The molecule has 1 fully saturated rings. The quantitative estimate of drug-likeness (QED) is 0.756. The summed E-state index contributed by atoms with van der Waals surface area (Å²) in [6.45, 7) is 5.81. The molecule has 5 heteroatoms. The van der Waals surface area contributed by atoms with Gasteiger partial charge < -0.3 is 14.2 Å². The van der Waals surface area contributed by atoms with Crippen LogP contribution in [0.1, 0.15) is 33.6 Å². The first kappa shape index (κ1) is 15.6. The van der Waals surface area contributed by atoms with E-state index in [1.165, 1.54) is 0 Å². The summed E-state index contributed by atoms with van der Waals surface area (Å²) in [7, 11) is 0. The van der Waals surface area contributed by atoms with Crippen molar-refractivity contribution >= 4 is 5.97 Å². The molecular weight excluding hydrogens is 275 g/mol. The summed E-state index contributed by atoms with van der Waals surface area (Å²) in [6, 6.07) is 7.01. The van der Waals surface area contributed by atoms with Gasteiger partial charge in [0.05, 0.1) is 12.7 Å². The Morgan fingerprint density at radius 2 is 2.05 bits per heavy atom. The zero-order chi connectivity index (χ0) is 15.5. The zero-order valence-electron chi connectivity index (χ0n) is 12.6. The summed E-state index contributed by atoms with van der Waals surface area (Å²) >= 11 is 0. The van der Waals surface area contributed by atoms with Gasteiger partial charge in [-0.1, -0.05) is 6.07 Å². The molecule has 1 aliphatic rings. The highest BCUT2D eigenvalue weighted by atomic mass is 19.1. The molecule has 0 saturated heterocycles. The summed E-state index contributed by atoms with van der Waals surface area (Å²) in [5, 5.41) is 0. The van der Waals surface area contributed by atoms with Gasteiger partial charge in [-0.15, -0.1) is 0 Å². The SMILES string of the molecule is CCOC(=O)C1(Oc2cccc(OC(C)C)c2)CC(F)C1. The van der Waals surface area contributed by atoms with Gasteiger partial charge in [-0.2, -0.15) is 0 Å². The van der Waals surface area contributed by atoms with Crippen LogP contribution in [0.4, 0.5) is 4.39 Å². The fraction of sp³-hybridized carbons (Fsp3) is 0.562. The van der Waals surface area contributed by atoms with Crippen LogP contribution >= 0.6 is 0 Å². The molecule has 1 saturated carbocycles. The van der Waals surface area contributed by atoms with Crippen LogP contribution in [0.3, 0.4) is 0 Å². The van der Waals surface area contributed by atoms with Crippen molar-refractivity contribution in [1.82, 2.24) is 0 Å². The van der Waals surface area contributed by atoms with Crippen molar-refractivity contribution in [3.63, 3.8) is 0 Å². The number of rotatable bonds is 6. The van der Waals surface area contributed by atoms with Crippen LogP contribution in [-0.4, -0.2) is 30.5 Å². The van der Waals surface area contributed by atoms with E-state index in [0.29, 0.717) is 11.5 Å². The monoisotopic (exact) mass is 296 g/mol. The van der Waals surface area contributed by atoms with E-state index in [9.17, 15) is 9.18 Å². The molecule has 0 aromatic heterocycles. The smallest absolute Gasteiger partial charge is 0.350 e. The molecule has 0 radical (unpaired) electrons. The predicted molar refractivity (Wildman–Crippen MR) is 76.3 cm³/mol. The average Bonchev–Trinajstić information content (AvgIpc) is 2.36. The summed E-state index contributed by atoms with van der Waals surface area (Å²) < 4.78 is 29.6. The maximum atomic E-state index is 13.3. The molecule has 4 nitrogen and oxygen atoms in total. The van der Waals surface area contributed by atoms with E-state index in [1.54, 1.807) is 25.1 Å². The molecule has 0 atom stereocenters. The van der Waals surface area contributed by atoms with Gasteiger partial charge in [0.15, 0.2) is 0 Å². The van der Waals surface area contributed by atoms with Crippen LogP contribution < -0.4 is 9.47 Å². The van der Waals surface area contributed by atoms with Crippen molar-refractivity contribution in [2.24, 2.45) is 0 Å². The maximum Gasteiger partial charge on any atom is 0.350 e. The minimum Gasteiger partial charge on any atom is -0.491 e. The zero-order valence-corrected chi connectivity index (χ0v) is 12.6. The Balaban J connectivity index is 2.12. The fourth-order valence-electron chi connectivity index (χ4n) is 2.32. The van der Waals surface area contributed by atoms with Gasteiger partial charge in [0, 0.05) is 18.9 Å². The lowest BCUT2D eigenvalue weighted by atomic mass is 9.78. The van der Waals surface area contributed by atoms with Crippen molar-refractivity contribution in [3.8, 4) is 11.5 Å². The van der Waals surface area contributed by atoms with E-state index in [1.807, 2.05) is 19.9 Å². The standard InChI is InChI=1S/C16H21FO4/c1-4-19-15(18)16(9-12(17)10-16)21-14-7-5-6-13(8-14)20-11(2)3/h5-8,11-12H,4,9-10H2,1-3H3. The number of alkyl halides is 1. The second-order valence-corrected chi connectivity index (χ2v) is 5.46. The Labute approximate surface area is 124 Å². The molecule has 21 heavy (non-hydrogen) atoms. The van der Waals surface area contributed by atoms with Crippen LogP contribution in [0, 0.1) is 0 Å². The second-order valence-electron chi connectivity index (χ2n) is 5.46. The van der Waals surface area contributed by atoms with Gasteiger partial charge in [-0.05, 0) is 32.9 Å². The summed E-state index contributed by atoms with van der Waals surface area (Å²) in [5.41, 5.74) is -1.20. The van der Waals surface area contributed by atoms with Gasteiger partial charge in [0.25, 0.3) is 0 Å². The van der Waals surface area contributed by atoms with Crippen LogP contribution in [0.15, 0.2) is 24.3 Å². The number of hydrogen-bond acceptors (Lipinski definition) is 4. The third-order valence-electron chi connectivity index (χ3n) is 3.24. The Morgan fingerprint density at radius 3 is 2.62 bits per heavy atom. The van der Waals surface area contributed by atoms with Crippen molar-refractivity contribution in [3.05, 3.63) is 24.3 Å². The van der Waals surface area contributed by atoms with E-state index >= 15 is 0 Å². The third-order valence-corrected chi connectivity index (χ3v) is 3.24. The summed E-state index contributed by atoms with van der Waals surface area (Å²) in [4.78, 5) is 12.0. The van der Waals surface area contributed by atoms with Gasteiger partial charge in [-0.25, -0.2) is 9.18 Å². The number of esters is 1. The molecule has 2 rings (SSSR count). The number of carbonyl (C=O) groups excluding carboxylic acids is 1. The first-order valence-electron chi connectivity index (χ1n) is 7.22. The molecular formula is C16H21FO4. The van der Waals surface area contributed by atoms with Gasteiger partial charge in [0.1, 0.15) is 17.7 Å². The van der Waals surface area contributed by atoms with Crippen molar-refractivity contribution in [1.29, 1.82) is 0 Å². The largest absolute Gasteiger partial charge is 0.491 e. The summed E-state index contributed by atoms with van der Waals surface area (Å²) in [5.74, 6) is 0.625. The number of ether oxygens (including phenoxy) is 3. The van der Waals surface area contributed by atoms with E-state index in [4.69, 9.17) is 14.2 Å². The van der Waals surface area contributed by atoms with E-state index in [2.05, 4.69) is 0 Å². The van der Waals surface area contributed by atoms with Crippen molar-refractivity contribution in [2.75, 3.05) is 6.61 Å². The molecule has 0 bridgehead atoms. The van der Waals surface area contributed by atoms with Crippen molar-refractivity contribution in [2.45, 2.75) is 51.5 Å². The molecule has 0 amide bonds. The number of carbonyl (C=O) groups is 1. The molecule has 0 heterocycles. The molecule has 0 spiro atoms. The topological polar surface area (TPSA) is 44.8 Å². The third kappa shape index (κ3) is 3.65. The molecule has 1 aromatic carbocycles. The maximum absolute atomic E-state index is 13.3. The van der Waals surface area contributed by atoms with Crippen molar-refractivity contribution < 1.29 is 23.4 Å². The van der Waals surface area contributed by atoms with E-state index in [0.717, 1.165) is 0 Å². The van der Waals surface area contributed by atoms with Crippen LogP contribution in [-0.2, 0) is 9.53 Å². The number of hydrogen-bond donors (Lipinski definition) is 0. The molecule has 0 aliphatic heterocycles. The molecule has 0 N–H and O–H groups in total. The second kappa shape index (κ2) is 6.33. The number of halogens is 1. The Bertz CT molecular complexity index is 495. The lowest BCUT2D eigenvalue weighted by Gasteiger charge is -2.41. The van der Waals surface area contributed by atoms with Gasteiger partial charge in [0.2, 0.25) is 5.60 Å². The van der Waals surface area contributed by atoms with Crippen LogP contribution in [0.5, 0.6) is 11.5 Å². The molecule has 1 aromatic rings. The minimum atomic E-state index is -1.20. The summed E-state index contributed by atoms with van der Waals surface area (Å²) in [6.07, 6.45) is -0.926. The normalized spacial score (nSPS) is 24.3. The Morgan fingerprint density at radius 1 is 1.38 bits per heavy atom. The van der Waals surface area contributed by atoms with E-state index < -0.39 is 17.7 Å². The first-order valence-corrected chi connectivity index (χ1v) is 7.22. The number of benzene rings is 1. The first-order chi connectivity index (χ1) is 9.95. The average molecular weight is 296 g/mol. The van der Waals surface area contributed by atoms with E-state index in [-0.39, 0.29) is 25.6 Å². The highest BCUT2D eigenvalue weighted by molar-refractivity contribution is 5.81. The highest BCUT2D eigenvalue weighted by Gasteiger charge is 2.54. The van der Waals surface area contributed by atoms with Gasteiger partial charge >= 0.3 is 5.97 Å². The lowest BCUT2D eigenvalue weighted by molar-refractivity contribution is -0.176. The van der Waals surface area contributed by atoms with Crippen LogP contribution in [0.2, 0.25) is 0 Å². The molecule has 116 valence electrons. The molecule has 1 aliphatic carbocycles. The highest BCUT2D eigenvalue weighted by Crippen LogP contribution is 2.40.